The number of thioether (sulfide) groups is 1. The SMILES string of the molecule is CN(C)CCSCc1cc(Cl)ccc1N. The van der Waals surface area contributed by atoms with Gasteiger partial charge in [-0.1, -0.05) is 11.6 Å². The Morgan fingerprint density at radius 3 is 2.80 bits per heavy atom. The molecular formula is C11H17ClN2S. The van der Waals surface area contributed by atoms with Gasteiger partial charge >= 0.3 is 0 Å². The van der Waals surface area contributed by atoms with Crippen LogP contribution in [0.3, 0.4) is 0 Å². The maximum absolute atomic E-state index is 5.91. The van der Waals surface area contributed by atoms with E-state index in [4.69, 9.17) is 17.3 Å². The lowest BCUT2D eigenvalue weighted by atomic mass is 10.2. The normalized spacial score (nSPS) is 10.9. The second-order valence-corrected chi connectivity index (χ2v) is 5.24. The van der Waals surface area contributed by atoms with Crippen LogP contribution in [0.4, 0.5) is 5.69 Å². The first-order chi connectivity index (χ1) is 7.09. The molecular weight excluding hydrogens is 228 g/mol. The zero-order valence-electron chi connectivity index (χ0n) is 9.16. The van der Waals surface area contributed by atoms with Gasteiger partial charge in [0, 0.05) is 28.8 Å². The fourth-order valence-electron chi connectivity index (χ4n) is 1.13. The smallest absolute Gasteiger partial charge is 0.0410 e. The van der Waals surface area contributed by atoms with Crippen molar-refractivity contribution in [2.24, 2.45) is 0 Å². The molecule has 1 aromatic carbocycles. The van der Waals surface area contributed by atoms with E-state index in [-0.39, 0.29) is 0 Å². The fourth-order valence-corrected chi connectivity index (χ4v) is 2.43. The van der Waals surface area contributed by atoms with Crippen LogP contribution in [-0.2, 0) is 5.75 Å². The number of hydrogen-bond acceptors (Lipinski definition) is 3. The highest BCUT2D eigenvalue weighted by Crippen LogP contribution is 2.22. The summed E-state index contributed by atoms with van der Waals surface area (Å²) in [6.07, 6.45) is 0. The van der Waals surface area contributed by atoms with E-state index in [0.717, 1.165) is 34.3 Å². The Balaban J connectivity index is 2.40. The molecule has 2 N–H and O–H groups in total. The standard InChI is InChI=1S/C11H17ClN2S/c1-14(2)5-6-15-8-9-7-10(12)3-4-11(9)13/h3-4,7H,5-6,8,13H2,1-2H3. The molecule has 0 aliphatic heterocycles. The van der Waals surface area contributed by atoms with Gasteiger partial charge in [0.1, 0.15) is 0 Å². The minimum Gasteiger partial charge on any atom is -0.398 e. The fraction of sp³-hybridized carbons (Fsp3) is 0.455. The molecule has 0 saturated heterocycles. The summed E-state index contributed by atoms with van der Waals surface area (Å²) < 4.78 is 0. The minimum absolute atomic E-state index is 0.757. The van der Waals surface area contributed by atoms with Crippen molar-refractivity contribution in [3.05, 3.63) is 28.8 Å². The molecule has 0 fully saturated rings. The summed E-state index contributed by atoms with van der Waals surface area (Å²) in [5, 5.41) is 0.757. The molecule has 0 atom stereocenters. The Morgan fingerprint density at radius 2 is 2.13 bits per heavy atom. The molecule has 0 heterocycles. The maximum Gasteiger partial charge on any atom is 0.0410 e. The van der Waals surface area contributed by atoms with E-state index in [9.17, 15) is 0 Å². The second-order valence-electron chi connectivity index (χ2n) is 3.70. The highest BCUT2D eigenvalue weighted by atomic mass is 35.5. The lowest BCUT2D eigenvalue weighted by Crippen LogP contribution is -2.14. The lowest BCUT2D eigenvalue weighted by Gasteiger charge is -2.09. The molecule has 0 unspecified atom stereocenters. The van der Waals surface area contributed by atoms with Gasteiger partial charge in [0.05, 0.1) is 0 Å². The van der Waals surface area contributed by atoms with Gasteiger partial charge < -0.3 is 10.6 Å². The van der Waals surface area contributed by atoms with E-state index in [2.05, 4.69) is 19.0 Å². The van der Waals surface area contributed by atoms with Gasteiger partial charge in [0.2, 0.25) is 0 Å². The molecule has 0 spiro atoms. The molecule has 1 aromatic rings. The van der Waals surface area contributed by atoms with Crippen LogP contribution >= 0.6 is 23.4 Å². The molecule has 0 bridgehead atoms. The summed E-state index contributed by atoms with van der Waals surface area (Å²) >= 11 is 7.78. The van der Waals surface area contributed by atoms with Gasteiger partial charge in [-0.05, 0) is 37.9 Å². The number of rotatable bonds is 5. The van der Waals surface area contributed by atoms with Crippen molar-refractivity contribution in [3.63, 3.8) is 0 Å². The third-order valence-electron chi connectivity index (χ3n) is 2.05. The summed E-state index contributed by atoms with van der Waals surface area (Å²) in [5.41, 5.74) is 7.81. The van der Waals surface area contributed by atoms with E-state index in [1.165, 1.54) is 0 Å². The van der Waals surface area contributed by atoms with Crippen LogP contribution in [0.5, 0.6) is 0 Å². The van der Waals surface area contributed by atoms with Crippen LogP contribution in [-0.4, -0.2) is 31.3 Å². The largest absolute Gasteiger partial charge is 0.398 e. The summed E-state index contributed by atoms with van der Waals surface area (Å²) in [6.45, 7) is 1.09. The highest BCUT2D eigenvalue weighted by Gasteiger charge is 2.00. The predicted molar refractivity (Wildman–Crippen MR) is 70.6 cm³/mol. The number of halogens is 1. The summed E-state index contributed by atoms with van der Waals surface area (Å²) in [6, 6.07) is 5.63. The summed E-state index contributed by atoms with van der Waals surface area (Å²) in [5.74, 6) is 2.04. The molecule has 0 radical (unpaired) electrons. The Labute approximate surface area is 101 Å². The third kappa shape index (κ3) is 4.78. The quantitative estimate of drug-likeness (QED) is 0.638. The molecule has 15 heavy (non-hydrogen) atoms. The molecule has 0 aliphatic rings. The molecule has 2 nitrogen and oxygen atoms in total. The Hall–Kier alpha value is -0.380. The van der Waals surface area contributed by atoms with Gasteiger partial charge in [-0.15, -0.1) is 0 Å². The number of benzene rings is 1. The molecule has 0 amide bonds. The molecule has 84 valence electrons. The van der Waals surface area contributed by atoms with E-state index < -0.39 is 0 Å². The predicted octanol–water partition coefficient (Wildman–Crippen LogP) is 2.72. The monoisotopic (exact) mass is 244 g/mol. The first-order valence-electron chi connectivity index (χ1n) is 4.86. The van der Waals surface area contributed by atoms with Crippen LogP contribution in [0.25, 0.3) is 0 Å². The van der Waals surface area contributed by atoms with Crippen molar-refractivity contribution >= 4 is 29.1 Å². The summed E-state index contributed by atoms with van der Waals surface area (Å²) in [4.78, 5) is 2.17. The summed E-state index contributed by atoms with van der Waals surface area (Å²) in [7, 11) is 4.16. The maximum atomic E-state index is 5.91. The zero-order chi connectivity index (χ0) is 11.3. The minimum atomic E-state index is 0.757. The average Bonchev–Trinajstić information content (AvgIpc) is 2.17. The van der Waals surface area contributed by atoms with Crippen LogP contribution in [0, 0.1) is 0 Å². The molecule has 1 rings (SSSR count). The number of nitrogens with zero attached hydrogens (tertiary/aromatic N) is 1. The van der Waals surface area contributed by atoms with E-state index in [0.29, 0.717) is 0 Å². The zero-order valence-corrected chi connectivity index (χ0v) is 10.7. The van der Waals surface area contributed by atoms with Gasteiger partial charge in [0.15, 0.2) is 0 Å². The van der Waals surface area contributed by atoms with Crippen molar-refractivity contribution in [2.75, 3.05) is 32.1 Å². The number of nitrogen functional groups attached to an aromatic ring is 1. The van der Waals surface area contributed by atoms with Gasteiger partial charge in [0.25, 0.3) is 0 Å². The van der Waals surface area contributed by atoms with E-state index in [1.807, 2.05) is 30.0 Å². The first-order valence-corrected chi connectivity index (χ1v) is 6.39. The van der Waals surface area contributed by atoms with Crippen LogP contribution in [0.15, 0.2) is 18.2 Å². The van der Waals surface area contributed by atoms with Crippen molar-refractivity contribution in [2.45, 2.75) is 5.75 Å². The van der Waals surface area contributed by atoms with Gasteiger partial charge in [-0.3, -0.25) is 0 Å². The number of nitrogens with two attached hydrogens (primary N) is 1. The van der Waals surface area contributed by atoms with Gasteiger partial charge in [-0.2, -0.15) is 11.8 Å². The second kappa shape index (κ2) is 6.26. The van der Waals surface area contributed by atoms with Crippen molar-refractivity contribution in [1.29, 1.82) is 0 Å². The van der Waals surface area contributed by atoms with Gasteiger partial charge in [-0.25, -0.2) is 0 Å². The number of anilines is 1. The lowest BCUT2D eigenvalue weighted by molar-refractivity contribution is 0.437. The molecule has 0 aliphatic carbocycles. The highest BCUT2D eigenvalue weighted by molar-refractivity contribution is 7.98. The Kier molecular flexibility index (Phi) is 5.29. The van der Waals surface area contributed by atoms with E-state index in [1.54, 1.807) is 0 Å². The average molecular weight is 245 g/mol. The number of hydrogen-bond donors (Lipinski definition) is 1. The van der Waals surface area contributed by atoms with Crippen molar-refractivity contribution < 1.29 is 0 Å². The topological polar surface area (TPSA) is 29.3 Å². The van der Waals surface area contributed by atoms with Crippen LogP contribution in [0.1, 0.15) is 5.56 Å². The Morgan fingerprint density at radius 1 is 1.40 bits per heavy atom. The Bertz CT molecular complexity index is 315. The van der Waals surface area contributed by atoms with Crippen LogP contribution in [0.2, 0.25) is 5.02 Å². The molecule has 0 aromatic heterocycles. The van der Waals surface area contributed by atoms with Crippen molar-refractivity contribution in [3.8, 4) is 0 Å². The molecule has 4 heteroatoms. The molecule has 0 saturated carbocycles. The first kappa shape index (κ1) is 12.7. The van der Waals surface area contributed by atoms with E-state index >= 15 is 0 Å². The third-order valence-corrected chi connectivity index (χ3v) is 3.27. The van der Waals surface area contributed by atoms with Crippen LogP contribution < -0.4 is 5.73 Å². The van der Waals surface area contributed by atoms with Crippen molar-refractivity contribution in [1.82, 2.24) is 4.90 Å².